The third-order valence-corrected chi connectivity index (χ3v) is 4.76. The van der Waals surface area contributed by atoms with E-state index in [2.05, 4.69) is 9.82 Å². The van der Waals surface area contributed by atoms with Gasteiger partial charge in [-0.3, -0.25) is 9.48 Å². The Morgan fingerprint density at radius 2 is 2.30 bits per heavy atom. The second-order valence-electron chi connectivity index (χ2n) is 5.28. The summed E-state index contributed by atoms with van der Waals surface area (Å²) < 4.78 is 28.2. The van der Waals surface area contributed by atoms with Gasteiger partial charge in [0.05, 0.1) is 19.2 Å². The summed E-state index contributed by atoms with van der Waals surface area (Å²) in [6.07, 6.45) is 5.72. The molecule has 0 aliphatic heterocycles. The molecule has 2 N–H and O–H groups in total. The molecule has 0 radical (unpaired) electrons. The Labute approximate surface area is 118 Å². The number of aliphatic carboxylic acids is 1. The predicted molar refractivity (Wildman–Crippen MR) is 71.6 cm³/mol. The van der Waals surface area contributed by atoms with Gasteiger partial charge in [-0.15, -0.1) is 0 Å². The SMILES string of the molecule is CC(CC1CC1)NS(=O)(=O)c1cnn(CCC(=O)O)c1. The molecule has 1 fully saturated rings. The third kappa shape index (κ3) is 4.31. The van der Waals surface area contributed by atoms with Crippen molar-refractivity contribution >= 4 is 16.0 Å². The second kappa shape index (κ2) is 5.92. The van der Waals surface area contributed by atoms with Gasteiger partial charge >= 0.3 is 5.97 Å². The number of nitrogens with one attached hydrogen (secondary N) is 1. The maximum absolute atomic E-state index is 12.1. The predicted octanol–water partition coefficient (Wildman–Crippen LogP) is 0.825. The van der Waals surface area contributed by atoms with Crippen molar-refractivity contribution < 1.29 is 18.3 Å². The Morgan fingerprint density at radius 1 is 1.60 bits per heavy atom. The van der Waals surface area contributed by atoms with Crippen molar-refractivity contribution in [2.45, 2.75) is 50.1 Å². The lowest BCUT2D eigenvalue weighted by molar-refractivity contribution is -0.137. The quantitative estimate of drug-likeness (QED) is 0.740. The van der Waals surface area contributed by atoms with Gasteiger partial charge in [-0.25, -0.2) is 13.1 Å². The minimum atomic E-state index is -3.58. The molecule has 0 saturated heterocycles. The molecule has 0 bridgehead atoms. The zero-order valence-electron chi connectivity index (χ0n) is 11.3. The van der Waals surface area contributed by atoms with Crippen molar-refractivity contribution in [1.82, 2.24) is 14.5 Å². The Hall–Kier alpha value is -1.41. The summed E-state index contributed by atoms with van der Waals surface area (Å²) in [5, 5.41) is 12.4. The molecule has 0 amide bonds. The van der Waals surface area contributed by atoms with Gasteiger partial charge in [0, 0.05) is 12.2 Å². The van der Waals surface area contributed by atoms with E-state index in [1.54, 1.807) is 0 Å². The summed E-state index contributed by atoms with van der Waals surface area (Å²) >= 11 is 0. The normalized spacial score (nSPS) is 17.1. The number of carboxylic acid groups (broad SMARTS) is 1. The van der Waals surface area contributed by atoms with E-state index in [1.807, 2.05) is 6.92 Å². The molecule has 8 heteroatoms. The first-order valence-corrected chi connectivity index (χ1v) is 8.12. The molecule has 0 spiro atoms. The average Bonchev–Trinajstić information content (AvgIpc) is 3.00. The molecule has 1 aliphatic rings. The highest BCUT2D eigenvalue weighted by Crippen LogP contribution is 2.33. The van der Waals surface area contributed by atoms with Crippen LogP contribution in [0.1, 0.15) is 32.6 Å². The van der Waals surface area contributed by atoms with E-state index in [9.17, 15) is 13.2 Å². The molecule has 0 aromatic carbocycles. The van der Waals surface area contributed by atoms with E-state index in [1.165, 1.54) is 29.9 Å². The van der Waals surface area contributed by atoms with E-state index >= 15 is 0 Å². The standard InChI is InChI=1S/C12H19N3O4S/c1-9(6-10-2-3-10)14-20(18,19)11-7-13-15(8-11)5-4-12(16)17/h7-10,14H,2-6H2,1H3,(H,16,17). The Bertz CT molecular complexity index is 577. The highest BCUT2D eigenvalue weighted by Gasteiger charge is 2.26. The van der Waals surface area contributed by atoms with Gasteiger partial charge in [-0.05, 0) is 19.3 Å². The van der Waals surface area contributed by atoms with Crippen molar-refractivity contribution in [3.8, 4) is 0 Å². The molecule has 7 nitrogen and oxygen atoms in total. The van der Waals surface area contributed by atoms with Crippen LogP contribution in [0, 0.1) is 5.92 Å². The van der Waals surface area contributed by atoms with Gasteiger partial charge < -0.3 is 5.11 Å². The number of aromatic nitrogens is 2. The summed E-state index contributed by atoms with van der Waals surface area (Å²) in [4.78, 5) is 10.5. The van der Waals surface area contributed by atoms with E-state index < -0.39 is 16.0 Å². The van der Waals surface area contributed by atoms with Crippen molar-refractivity contribution in [2.24, 2.45) is 5.92 Å². The maximum atomic E-state index is 12.1. The van der Waals surface area contributed by atoms with Crippen molar-refractivity contribution in [3.05, 3.63) is 12.4 Å². The van der Waals surface area contributed by atoms with E-state index in [4.69, 9.17) is 5.11 Å². The van der Waals surface area contributed by atoms with Crippen molar-refractivity contribution in [1.29, 1.82) is 0 Å². The van der Waals surface area contributed by atoms with E-state index in [-0.39, 0.29) is 23.9 Å². The first-order chi connectivity index (χ1) is 9.37. The van der Waals surface area contributed by atoms with Gasteiger partial charge in [-0.1, -0.05) is 12.8 Å². The summed E-state index contributed by atoms with van der Waals surface area (Å²) in [5.41, 5.74) is 0. The van der Waals surface area contributed by atoms with E-state index in [0.717, 1.165) is 6.42 Å². The highest BCUT2D eigenvalue weighted by atomic mass is 32.2. The molecule has 1 unspecified atom stereocenters. The monoisotopic (exact) mass is 301 g/mol. The largest absolute Gasteiger partial charge is 0.481 e. The summed E-state index contributed by atoms with van der Waals surface area (Å²) in [7, 11) is -3.58. The highest BCUT2D eigenvalue weighted by molar-refractivity contribution is 7.89. The van der Waals surface area contributed by atoms with Crippen LogP contribution in [-0.2, 0) is 21.4 Å². The third-order valence-electron chi connectivity index (χ3n) is 3.21. The molecule has 20 heavy (non-hydrogen) atoms. The van der Waals surface area contributed by atoms with Crippen molar-refractivity contribution in [3.63, 3.8) is 0 Å². The lowest BCUT2D eigenvalue weighted by Crippen LogP contribution is -2.32. The molecule has 1 atom stereocenters. The summed E-state index contributed by atoms with van der Waals surface area (Å²) in [6, 6.07) is -0.102. The fourth-order valence-corrected chi connectivity index (χ4v) is 3.26. The number of sulfonamides is 1. The lowest BCUT2D eigenvalue weighted by atomic mass is 10.2. The lowest BCUT2D eigenvalue weighted by Gasteiger charge is -2.12. The van der Waals surface area contributed by atoms with Crippen LogP contribution in [0.3, 0.4) is 0 Å². The van der Waals surface area contributed by atoms with Crippen LogP contribution < -0.4 is 4.72 Å². The second-order valence-corrected chi connectivity index (χ2v) is 7.00. The van der Waals surface area contributed by atoms with Crippen LogP contribution in [0.4, 0.5) is 0 Å². The number of carboxylic acids is 1. The minimum Gasteiger partial charge on any atom is -0.481 e. The van der Waals surface area contributed by atoms with Crippen LogP contribution >= 0.6 is 0 Å². The molecule has 1 saturated carbocycles. The zero-order chi connectivity index (χ0) is 14.8. The molecule has 112 valence electrons. The van der Waals surface area contributed by atoms with Gasteiger partial charge in [0.25, 0.3) is 0 Å². The minimum absolute atomic E-state index is 0.0746. The topological polar surface area (TPSA) is 101 Å². The molecular formula is C12H19N3O4S. The Kier molecular flexibility index (Phi) is 4.44. The Morgan fingerprint density at radius 3 is 2.90 bits per heavy atom. The maximum Gasteiger partial charge on any atom is 0.305 e. The van der Waals surface area contributed by atoms with Gasteiger partial charge in [0.2, 0.25) is 10.0 Å². The summed E-state index contributed by atoms with van der Waals surface area (Å²) in [6.45, 7) is 2.01. The van der Waals surface area contributed by atoms with Crippen LogP contribution in [0.2, 0.25) is 0 Å². The van der Waals surface area contributed by atoms with Gasteiger partial charge in [0.1, 0.15) is 4.90 Å². The molecule has 1 heterocycles. The van der Waals surface area contributed by atoms with Crippen molar-refractivity contribution in [2.75, 3.05) is 0 Å². The first kappa shape index (κ1) is 15.0. The first-order valence-electron chi connectivity index (χ1n) is 6.63. The van der Waals surface area contributed by atoms with Gasteiger partial charge in [0.15, 0.2) is 0 Å². The molecule has 1 aliphatic carbocycles. The number of carbonyl (C=O) groups is 1. The molecular weight excluding hydrogens is 282 g/mol. The number of hydrogen-bond donors (Lipinski definition) is 2. The zero-order valence-corrected chi connectivity index (χ0v) is 12.1. The number of rotatable bonds is 8. The molecule has 1 aromatic heterocycles. The number of aryl methyl sites for hydroxylation is 1. The van der Waals surface area contributed by atoms with Crippen LogP contribution in [0.15, 0.2) is 17.3 Å². The fourth-order valence-electron chi connectivity index (χ4n) is 2.05. The molecule has 2 rings (SSSR count). The smallest absolute Gasteiger partial charge is 0.305 e. The summed E-state index contributed by atoms with van der Waals surface area (Å²) in [5.74, 6) is -0.299. The average molecular weight is 301 g/mol. The fraction of sp³-hybridized carbons (Fsp3) is 0.667. The van der Waals surface area contributed by atoms with Crippen LogP contribution in [0.25, 0.3) is 0 Å². The van der Waals surface area contributed by atoms with Crippen LogP contribution in [-0.4, -0.2) is 35.3 Å². The van der Waals surface area contributed by atoms with Crippen LogP contribution in [0.5, 0.6) is 0 Å². The van der Waals surface area contributed by atoms with Gasteiger partial charge in [-0.2, -0.15) is 5.10 Å². The molecule has 1 aromatic rings. The van der Waals surface area contributed by atoms with E-state index in [0.29, 0.717) is 5.92 Å². The Balaban J connectivity index is 1.95. The number of nitrogens with zero attached hydrogens (tertiary/aromatic N) is 2. The number of hydrogen-bond acceptors (Lipinski definition) is 4.